The minimum Gasteiger partial charge on any atom is -0.464 e. The highest BCUT2D eigenvalue weighted by atomic mass is 32.2. The van der Waals surface area contributed by atoms with Gasteiger partial charge in [0.2, 0.25) is 5.56 Å². The Balaban J connectivity index is 1.14. The third kappa shape index (κ3) is 3.65. The largest absolute Gasteiger partial charge is 0.464 e. The molecule has 4 atom stereocenters. The molecule has 0 radical (unpaired) electrons. The molecular weight excluding hydrogens is 426 g/mol. The van der Waals surface area contributed by atoms with Crippen LogP contribution in [0.15, 0.2) is 52.1 Å². The number of primary amides is 1. The van der Waals surface area contributed by atoms with Crippen molar-refractivity contribution in [2.24, 2.45) is 5.73 Å². The number of nitrogens with two attached hydrogens (primary N) is 1. The average molecular weight is 452 g/mol. The monoisotopic (exact) mass is 451 g/mol. The lowest BCUT2D eigenvalue weighted by molar-refractivity contribution is 0.112. The van der Waals surface area contributed by atoms with E-state index in [4.69, 9.17) is 14.9 Å². The summed E-state index contributed by atoms with van der Waals surface area (Å²) >= 11 is 1.61. The van der Waals surface area contributed by atoms with Crippen LogP contribution in [0.4, 0.5) is 10.6 Å². The minimum absolute atomic E-state index is 0.186. The van der Waals surface area contributed by atoms with Gasteiger partial charge in [0.05, 0.1) is 11.2 Å². The van der Waals surface area contributed by atoms with Gasteiger partial charge >= 0.3 is 6.03 Å². The number of benzene rings is 1. The summed E-state index contributed by atoms with van der Waals surface area (Å²) in [5.41, 5.74) is 7.14. The molecule has 3 aliphatic rings. The molecule has 8 nitrogen and oxygen atoms in total. The number of amides is 2. The highest BCUT2D eigenvalue weighted by molar-refractivity contribution is 8.00. The number of fused-ring (bicyclic) bond motifs is 4. The van der Waals surface area contributed by atoms with Crippen molar-refractivity contribution in [2.75, 3.05) is 5.32 Å². The number of aromatic nitrogens is 1. The first-order chi connectivity index (χ1) is 15.6. The van der Waals surface area contributed by atoms with Crippen LogP contribution in [0.3, 0.4) is 0 Å². The lowest BCUT2D eigenvalue weighted by Gasteiger charge is -2.38. The molecule has 9 heteroatoms. The van der Waals surface area contributed by atoms with Gasteiger partial charge in [0.15, 0.2) is 0 Å². The Hall–Kier alpha value is -2.91. The molecule has 1 unspecified atom stereocenters. The van der Waals surface area contributed by atoms with Crippen molar-refractivity contribution < 1.29 is 13.9 Å². The third-order valence-corrected chi connectivity index (χ3v) is 7.72. The predicted molar refractivity (Wildman–Crippen MR) is 122 cm³/mol. The topological polar surface area (TPSA) is 106 Å². The van der Waals surface area contributed by atoms with Gasteiger partial charge in [-0.05, 0) is 49.9 Å². The van der Waals surface area contributed by atoms with Crippen LogP contribution >= 0.6 is 11.8 Å². The molecule has 0 aliphatic carbocycles. The van der Waals surface area contributed by atoms with Crippen molar-refractivity contribution in [3.63, 3.8) is 0 Å². The SMILES string of the molecule is NC(=O)N[C@H]1C[C@H]2CC[C@@H](C1)N2Cc1coc2cc(OC3Nc4ncccc4S3)ccc12. The Kier molecular flexibility index (Phi) is 4.87. The van der Waals surface area contributed by atoms with Gasteiger partial charge in [-0.1, -0.05) is 11.8 Å². The summed E-state index contributed by atoms with van der Waals surface area (Å²) in [6.07, 6.45) is 7.88. The quantitative estimate of drug-likeness (QED) is 0.541. The van der Waals surface area contributed by atoms with Gasteiger partial charge in [-0.3, -0.25) is 4.90 Å². The van der Waals surface area contributed by atoms with Gasteiger partial charge in [-0.15, -0.1) is 0 Å². The zero-order valence-corrected chi connectivity index (χ0v) is 18.3. The van der Waals surface area contributed by atoms with Gasteiger partial charge in [0.25, 0.3) is 0 Å². The predicted octanol–water partition coefficient (Wildman–Crippen LogP) is 3.87. The molecule has 6 rings (SSSR count). The van der Waals surface area contributed by atoms with Gasteiger partial charge in [-0.2, -0.15) is 0 Å². The number of nitrogens with zero attached hydrogens (tertiary/aromatic N) is 2. The Bertz CT molecular complexity index is 1130. The highest BCUT2D eigenvalue weighted by Gasteiger charge is 2.41. The number of pyridine rings is 1. The van der Waals surface area contributed by atoms with Gasteiger partial charge in [0.1, 0.15) is 17.2 Å². The van der Waals surface area contributed by atoms with Crippen molar-refractivity contribution in [1.82, 2.24) is 15.2 Å². The van der Waals surface area contributed by atoms with E-state index in [1.165, 1.54) is 18.4 Å². The Morgan fingerprint density at radius 1 is 1.31 bits per heavy atom. The van der Waals surface area contributed by atoms with Crippen molar-refractivity contribution in [3.8, 4) is 5.75 Å². The number of anilines is 1. The molecule has 3 aliphatic heterocycles. The van der Waals surface area contributed by atoms with E-state index in [0.717, 1.165) is 46.8 Å². The van der Waals surface area contributed by atoms with Crippen LogP contribution in [0.25, 0.3) is 11.0 Å². The van der Waals surface area contributed by atoms with E-state index in [2.05, 4.69) is 26.6 Å². The number of piperidine rings is 1. The molecule has 2 amide bonds. The maximum Gasteiger partial charge on any atom is 0.312 e. The van der Waals surface area contributed by atoms with Crippen LogP contribution in [0, 0.1) is 0 Å². The molecule has 1 aromatic carbocycles. The van der Waals surface area contributed by atoms with Crippen LogP contribution in [0.2, 0.25) is 0 Å². The number of carbonyl (C=O) groups excluding carboxylic acids is 1. The standard InChI is InChI=1S/C23H25N5O3S/c24-22(29)26-14-8-15-3-4-16(9-14)28(15)11-13-12-30-19-10-17(5-6-18(13)19)31-23-27-21-20(32-23)2-1-7-25-21/h1-2,5-7,10,12,14-16,23H,3-4,8-9,11H2,(H,25,27)(H3,24,26,29)/t14-,15+,16-,23?. The third-order valence-electron chi connectivity index (χ3n) is 6.71. The summed E-state index contributed by atoms with van der Waals surface area (Å²) in [5.74, 6) is 1.61. The molecule has 166 valence electrons. The normalized spacial score (nSPS) is 26.6. The van der Waals surface area contributed by atoms with E-state index in [-0.39, 0.29) is 11.6 Å². The number of furan rings is 1. The zero-order valence-electron chi connectivity index (χ0n) is 17.5. The van der Waals surface area contributed by atoms with E-state index in [9.17, 15) is 4.79 Å². The van der Waals surface area contributed by atoms with E-state index < -0.39 is 6.03 Å². The van der Waals surface area contributed by atoms with Gasteiger partial charge < -0.3 is 25.5 Å². The first kappa shape index (κ1) is 19.8. The second-order valence-electron chi connectivity index (χ2n) is 8.72. The van der Waals surface area contributed by atoms with E-state index in [0.29, 0.717) is 12.1 Å². The number of thioether (sulfide) groups is 1. The summed E-state index contributed by atoms with van der Waals surface area (Å²) in [4.78, 5) is 19.2. The summed E-state index contributed by atoms with van der Waals surface area (Å²) < 4.78 is 12.0. The fourth-order valence-electron chi connectivity index (χ4n) is 5.33. The molecule has 4 N–H and O–H groups in total. The molecular formula is C23H25N5O3S. The molecule has 5 heterocycles. The molecule has 2 saturated heterocycles. The molecule has 2 aromatic heterocycles. The number of ether oxygens (including phenoxy) is 1. The van der Waals surface area contributed by atoms with E-state index >= 15 is 0 Å². The lowest BCUT2D eigenvalue weighted by Crippen LogP contribution is -2.51. The first-order valence-corrected chi connectivity index (χ1v) is 11.9. The van der Waals surface area contributed by atoms with Crippen LogP contribution < -0.4 is 21.1 Å². The van der Waals surface area contributed by atoms with Crippen LogP contribution in [0.5, 0.6) is 5.75 Å². The summed E-state index contributed by atoms with van der Waals surface area (Å²) in [5, 5.41) is 7.30. The molecule has 0 spiro atoms. The smallest absolute Gasteiger partial charge is 0.312 e. The summed E-state index contributed by atoms with van der Waals surface area (Å²) in [6, 6.07) is 10.7. The van der Waals surface area contributed by atoms with E-state index in [1.807, 2.05) is 30.5 Å². The summed E-state index contributed by atoms with van der Waals surface area (Å²) in [7, 11) is 0. The molecule has 32 heavy (non-hydrogen) atoms. The number of hydrogen-bond acceptors (Lipinski definition) is 7. The molecule has 0 saturated carbocycles. The maximum absolute atomic E-state index is 11.2. The zero-order chi connectivity index (χ0) is 21.7. The second-order valence-corrected chi connectivity index (χ2v) is 9.82. The summed E-state index contributed by atoms with van der Waals surface area (Å²) in [6.45, 7) is 0.854. The molecule has 2 bridgehead atoms. The fraction of sp³-hybridized carbons (Fsp3) is 0.391. The highest BCUT2D eigenvalue weighted by Crippen LogP contribution is 2.40. The number of nitrogens with one attached hydrogen (secondary N) is 2. The molecule has 3 aromatic rings. The minimum atomic E-state index is -0.423. The second kappa shape index (κ2) is 7.90. The van der Waals surface area contributed by atoms with Crippen LogP contribution in [-0.2, 0) is 6.54 Å². The van der Waals surface area contributed by atoms with Crippen LogP contribution in [0.1, 0.15) is 31.2 Å². The van der Waals surface area contributed by atoms with Crippen molar-refractivity contribution in [2.45, 2.75) is 60.8 Å². The Morgan fingerprint density at radius 3 is 2.94 bits per heavy atom. The van der Waals surface area contributed by atoms with Crippen molar-refractivity contribution >= 4 is 34.6 Å². The Morgan fingerprint density at radius 2 is 2.16 bits per heavy atom. The van der Waals surface area contributed by atoms with E-state index in [1.54, 1.807) is 18.0 Å². The van der Waals surface area contributed by atoms with Crippen molar-refractivity contribution in [1.29, 1.82) is 0 Å². The average Bonchev–Trinajstić information content (AvgIpc) is 3.42. The Labute approximate surface area is 189 Å². The first-order valence-electron chi connectivity index (χ1n) is 11.0. The van der Waals surface area contributed by atoms with Crippen LogP contribution in [-0.4, -0.2) is 39.6 Å². The maximum atomic E-state index is 11.2. The molecule has 2 fully saturated rings. The van der Waals surface area contributed by atoms with Gasteiger partial charge in [0, 0.05) is 47.9 Å². The number of carbonyl (C=O) groups is 1. The number of urea groups is 1. The van der Waals surface area contributed by atoms with Crippen molar-refractivity contribution in [3.05, 3.63) is 48.4 Å². The number of hydrogen-bond donors (Lipinski definition) is 3. The lowest BCUT2D eigenvalue weighted by atomic mass is 9.96. The number of rotatable bonds is 5. The van der Waals surface area contributed by atoms with Gasteiger partial charge in [-0.25, -0.2) is 9.78 Å². The fourth-order valence-corrected chi connectivity index (χ4v) is 6.28.